The number of carbonyl (C=O) groups excluding carboxylic acids is 1. The van der Waals surface area contributed by atoms with Crippen molar-refractivity contribution in [2.24, 2.45) is 7.05 Å². The zero-order chi connectivity index (χ0) is 18.3. The third kappa shape index (κ3) is 2.76. The lowest BCUT2D eigenvalue weighted by Gasteiger charge is -2.26. The topological polar surface area (TPSA) is 79.9 Å². The van der Waals surface area contributed by atoms with E-state index >= 15 is 0 Å². The van der Waals surface area contributed by atoms with Crippen LogP contribution >= 0.6 is 11.6 Å². The van der Waals surface area contributed by atoms with Gasteiger partial charge in [-0.05, 0) is 18.2 Å². The minimum atomic E-state index is -0.215. The van der Waals surface area contributed by atoms with Crippen LogP contribution in [0.25, 0.3) is 10.9 Å². The van der Waals surface area contributed by atoms with Crippen LogP contribution in [0.15, 0.2) is 36.5 Å². The number of pyridine rings is 1. The average molecular weight is 367 g/mol. The van der Waals surface area contributed by atoms with Crippen LogP contribution in [0.4, 0.5) is 0 Å². The monoisotopic (exact) mass is 366 g/mol. The van der Waals surface area contributed by atoms with E-state index in [9.17, 15) is 4.79 Å². The van der Waals surface area contributed by atoms with Gasteiger partial charge in [-0.25, -0.2) is 4.98 Å². The van der Waals surface area contributed by atoms with Crippen LogP contribution in [0.3, 0.4) is 0 Å². The van der Waals surface area contributed by atoms with Crippen molar-refractivity contribution in [3.05, 3.63) is 58.5 Å². The predicted molar refractivity (Wildman–Crippen MR) is 97.2 cm³/mol. The van der Waals surface area contributed by atoms with Gasteiger partial charge in [0.15, 0.2) is 0 Å². The molecule has 1 amide bonds. The number of hydrogen-bond acceptors (Lipinski definition) is 4. The summed E-state index contributed by atoms with van der Waals surface area (Å²) in [5.74, 6) is 0.416. The van der Waals surface area contributed by atoms with Crippen LogP contribution in [0, 0.1) is 11.3 Å². The van der Waals surface area contributed by atoms with E-state index in [0.29, 0.717) is 35.2 Å². The minimum absolute atomic E-state index is 0.179. The van der Waals surface area contributed by atoms with Gasteiger partial charge in [0.05, 0.1) is 12.6 Å². The van der Waals surface area contributed by atoms with Gasteiger partial charge in [0.2, 0.25) is 0 Å². The number of nitrogens with zero attached hydrogens (tertiary/aromatic N) is 3. The molecule has 130 valence electrons. The second-order valence-electron chi connectivity index (χ2n) is 6.17. The molecule has 0 saturated carbocycles. The van der Waals surface area contributed by atoms with Gasteiger partial charge < -0.3 is 14.6 Å². The maximum Gasteiger partial charge on any atom is 0.268 e. The summed E-state index contributed by atoms with van der Waals surface area (Å²) in [7, 11) is 1.84. The van der Waals surface area contributed by atoms with Crippen LogP contribution < -0.4 is 10.1 Å². The summed E-state index contributed by atoms with van der Waals surface area (Å²) in [5, 5.41) is 13.6. The Bertz CT molecular complexity index is 1070. The van der Waals surface area contributed by atoms with Crippen LogP contribution in [0.1, 0.15) is 34.2 Å². The SMILES string of the molecule is Cn1c(C(=O)NC2CCOc3cc(C#N)ncc32)cc2ccc(Cl)cc21. The molecule has 3 heterocycles. The summed E-state index contributed by atoms with van der Waals surface area (Å²) in [6.07, 6.45) is 2.24. The van der Waals surface area contributed by atoms with Crippen LogP contribution in [0.2, 0.25) is 5.02 Å². The van der Waals surface area contributed by atoms with E-state index in [-0.39, 0.29) is 11.9 Å². The maximum atomic E-state index is 12.8. The lowest BCUT2D eigenvalue weighted by Crippen LogP contribution is -2.33. The smallest absolute Gasteiger partial charge is 0.268 e. The number of aryl methyl sites for hydroxylation is 1. The van der Waals surface area contributed by atoms with E-state index in [1.54, 1.807) is 18.3 Å². The van der Waals surface area contributed by atoms with Crippen molar-refractivity contribution in [1.82, 2.24) is 14.9 Å². The van der Waals surface area contributed by atoms with Gasteiger partial charge >= 0.3 is 0 Å². The molecule has 0 aliphatic carbocycles. The molecule has 1 unspecified atom stereocenters. The lowest BCUT2D eigenvalue weighted by atomic mass is 10.0. The fourth-order valence-electron chi connectivity index (χ4n) is 3.24. The van der Waals surface area contributed by atoms with Gasteiger partial charge in [-0.1, -0.05) is 17.7 Å². The van der Waals surface area contributed by atoms with E-state index in [1.165, 1.54) is 0 Å². The molecule has 0 fully saturated rings. The Morgan fingerprint density at radius 1 is 1.42 bits per heavy atom. The number of halogens is 1. The minimum Gasteiger partial charge on any atom is -0.493 e. The maximum absolute atomic E-state index is 12.8. The summed E-state index contributed by atoms with van der Waals surface area (Å²) >= 11 is 6.06. The van der Waals surface area contributed by atoms with E-state index in [0.717, 1.165) is 16.5 Å². The number of nitriles is 1. The highest BCUT2D eigenvalue weighted by Gasteiger charge is 2.25. The zero-order valence-electron chi connectivity index (χ0n) is 14.0. The first-order chi connectivity index (χ1) is 12.6. The fourth-order valence-corrected chi connectivity index (χ4v) is 3.41. The molecule has 4 rings (SSSR count). The number of benzene rings is 1. The number of hydrogen-bond donors (Lipinski definition) is 1. The lowest BCUT2D eigenvalue weighted by molar-refractivity contribution is 0.0917. The molecule has 0 bridgehead atoms. The predicted octanol–water partition coefficient (Wildman–Crippen LogP) is 3.35. The fraction of sp³-hybridized carbons (Fsp3) is 0.211. The number of amides is 1. The zero-order valence-corrected chi connectivity index (χ0v) is 14.7. The highest BCUT2D eigenvalue weighted by Crippen LogP contribution is 2.32. The molecule has 2 aromatic heterocycles. The molecule has 1 aliphatic rings. The van der Waals surface area contributed by atoms with Crippen molar-refractivity contribution in [2.45, 2.75) is 12.5 Å². The van der Waals surface area contributed by atoms with Crippen molar-refractivity contribution in [3.63, 3.8) is 0 Å². The second kappa shape index (κ2) is 6.36. The molecule has 26 heavy (non-hydrogen) atoms. The van der Waals surface area contributed by atoms with Gasteiger partial charge in [-0.3, -0.25) is 4.79 Å². The van der Waals surface area contributed by atoms with Crippen molar-refractivity contribution in [1.29, 1.82) is 5.26 Å². The van der Waals surface area contributed by atoms with Crippen LogP contribution in [-0.2, 0) is 7.05 Å². The first-order valence-corrected chi connectivity index (χ1v) is 8.53. The Hall–Kier alpha value is -3.04. The van der Waals surface area contributed by atoms with E-state index < -0.39 is 0 Å². The van der Waals surface area contributed by atoms with Gasteiger partial charge in [-0.2, -0.15) is 5.26 Å². The largest absolute Gasteiger partial charge is 0.493 e. The van der Waals surface area contributed by atoms with Gasteiger partial charge in [0, 0.05) is 47.2 Å². The third-order valence-corrected chi connectivity index (χ3v) is 4.83. The molecule has 0 saturated heterocycles. The Balaban J connectivity index is 1.64. The normalized spacial score (nSPS) is 15.8. The molecule has 0 radical (unpaired) electrons. The molecule has 1 aromatic carbocycles. The highest BCUT2D eigenvalue weighted by molar-refractivity contribution is 6.31. The molecular weight excluding hydrogens is 352 g/mol. The number of ether oxygens (including phenoxy) is 1. The molecule has 6 nitrogen and oxygen atoms in total. The average Bonchev–Trinajstić information content (AvgIpc) is 2.98. The quantitative estimate of drug-likeness (QED) is 0.754. The Kier molecular flexibility index (Phi) is 4.02. The van der Waals surface area contributed by atoms with Crippen molar-refractivity contribution in [2.75, 3.05) is 6.61 Å². The molecule has 7 heteroatoms. The van der Waals surface area contributed by atoms with E-state index in [4.69, 9.17) is 21.6 Å². The molecule has 1 aliphatic heterocycles. The number of aromatic nitrogens is 2. The summed E-state index contributed by atoms with van der Waals surface area (Å²) < 4.78 is 7.43. The number of fused-ring (bicyclic) bond motifs is 2. The number of nitrogens with one attached hydrogen (secondary N) is 1. The third-order valence-electron chi connectivity index (χ3n) is 4.59. The molecule has 1 N–H and O–H groups in total. The standard InChI is InChI=1S/C19H15ClN4O2/c1-24-16-7-12(20)3-2-11(16)6-17(24)19(25)23-15-4-5-26-18-8-13(9-21)22-10-14(15)18/h2-3,6-8,10,15H,4-5H2,1H3,(H,23,25). The Morgan fingerprint density at radius 2 is 2.27 bits per heavy atom. The summed E-state index contributed by atoms with van der Waals surface area (Å²) in [5.41, 5.74) is 2.53. The van der Waals surface area contributed by atoms with Gasteiger partial charge in [0.25, 0.3) is 5.91 Å². The molecule has 1 atom stereocenters. The van der Waals surface area contributed by atoms with Crippen LogP contribution in [-0.4, -0.2) is 22.1 Å². The van der Waals surface area contributed by atoms with Crippen LogP contribution in [0.5, 0.6) is 5.75 Å². The first kappa shape index (κ1) is 16.4. The first-order valence-electron chi connectivity index (χ1n) is 8.15. The van der Waals surface area contributed by atoms with Crippen molar-refractivity contribution < 1.29 is 9.53 Å². The molecule has 3 aromatic rings. The number of rotatable bonds is 2. The van der Waals surface area contributed by atoms with Gasteiger partial charge in [-0.15, -0.1) is 0 Å². The molecule has 0 spiro atoms. The summed E-state index contributed by atoms with van der Waals surface area (Å²) in [6, 6.07) is 10.8. The van der Waals surface area contributed by atoms with Gasteiger partial charge in [0.1, 0.15) is 23.2 Å². The second-order valence-corrected chi connectivity index (χ2v) is 6.61. The highest BCUT2D eigenvalue weighted by atomic mass is 35.5. The Morgan fingerprint density at radius 3 is 3.08 bits per heavy atom. The van der Waals surface area contributed by atoms with E-state index in [2.05, 4.69) is 10.3 Å². The summed E-state index contributed by atoms with van der Waals surface area (Å²) in [6.45, 7) is 0.470. The number of carbonyl (C=O) groups is 1. The van der Waals surface area contributed by atoms with E-state index in [1.807, 2.05) is 35.9 Å². The molecular formula is C19H15ClN4O2. The van der Waals surface area contributed by atoms with Crippen molar-refractivity contribution >= 4 is 28.4 Å². The summed E-state index contributed by atoms with van der Waals surface area (Å²) in [4.78, 5) is 16.9. The Labute approximate surface area is 155 Å². The van der Waals surface area contributed by atoms with Crippen molar-refractivity contribution in [3.8, 4) is 11.8 Å².